The van der Waals surface area contributed by atoms with Gasteiger partial charge in [-0.2, -0.15) is 0 Å². The lowest BCUT2D eigenvalue weighted by atomic mass is 10.1. The molecule has 0 amide bonds. The van der Waals surface area contributed by atoms with Crippen LogP contribution in [0.3, 0.4) is 0 Å². The second-order valence-electron chi connectivity index (χ2n) is 6.26. The molecule has 0 aromatic heterocycles. The maximum atomic E-state index is 11.5. The number of ether oxygens (including phenoxy) is 1. The van der Waals surface area contributed by atoms with Gasteiger partial charge in [-0.1, -0.05) is 48.6 Å². The molecule has 3 nitrogen and oxygen atoms in total. The number of carbonyl (C=O) groups is 1. The fourth-order valence-corrected chi connectivity index (χ4v) is 3.65. The number of unbranched alkanes of at least 4 members (excludes halogenated alkanes) is 3. The van der Waals surface area contributed by atoms with Gasteiger partial charge in [-0.05, 0) is 56.2 Å². The predicted molar refractivity (Wildman–Crippen MR) is 108 cm³/mol. The van der Waals surface area contributed by atoms with Crippen molar-refractivity contribution in [2.45, 2.75) is 49.2 Å². The highest BCUT2D eigenvalue weighted by molar-refractivity contribution is 8.00. The molecule has 1 N–H and O–H groups in total. The Balaban J connectivity index is 1.61. The number of aliphatic carboxylic acids is 1. The third kappa shape index (κ3) is 7.71. The minimum Gasteiger partial charge on any atom is -0.494 e. The van der Waals surface area contributed by atoms with Crippen molar-refractivity contribution in [1.29, 1.82) is 0 Å². The van der Waals surface area contributed by atoms with Crippen molar-refractivity contribution >= 4 is 29.3 Å². The van der Waals surface area contributed by atoms with Crippen LogP contribution >= 0.6 is 23.4 Å². The van der Waals surface area contributed by atoms with Gasteiger partial charge in [-0.3, -0.25) is 4.79 Å². The fourth-order valence-electron chi connectivity index (χ4n) is 2.52. The van der Waals surface area contributed by atoms with E-state index in [4.69, 9.17) is 16.3 Å². The summed E-state index contributed by atoms with van der Waals surface area (Å²) in [5.41, 5.74) is 1.18. The Bertz CT molecular complexity index is 671. The van der Waals surface area contributed by atoms with Crippen molar-refractivity contribution in [2.75, 3.05) is 6.61 Å². The van der Waals surface area contributed by atoms with Crippen LogP contribution in [-0.4, -0.2) is 22.9 Å². The monoisotopic (exact) mass is 392 g/mol. The Hall–Kier alpha value is -1.65. The average Bonchev–Trinajstić information content (AvgIpc) is 2.63. The lowest BCUT2D eigenvalue weighted by molar-refractivity contribution is -0.136. The van der Waals surface area contributed by atoms with Gasteiger partial charge >= 0.3 is 5.97 Å². The Morgan fingerprint density at radius 1 is 1.04 bits per heavy atom. The number of aryl methyl sites for hydroxylation is 1. The first kappa shape index (κ1) is 20.7. The molecule has 0 heterocycles. The molecule has 5 heteroatoms. The van der Waals surface area contributed by atoms with Crippen molar-refractivity contribution in [3.8, 4) is 5.75 Å². The highest BCUT2D eigenvalue weighted by Crippen LogP contribution is 2.27. The van der Waals surface area contributed by atoms with E-state index < -0.39 is 5.97 Å². The molecule has 2 aromatic rings. The van der Waals surface area contributed by atoms with Crippen molar-refractivity contribution < 1.29 is 14.6 Å². The van der Waals surface area contributed by atoms with Gasteiger partial charge in [0.2, 0.25) is 0 Å². The summed E-state index contributed by atoms with van der Waals surface area (Å²) in [4.78, 5) is 12.5. The third-order valence-electron chi connectivity index (χ3n) is 4.02. The average molecular weight is 393 g/mol. The van der Waals surface area contributed by atoms with Gasteiger partial charge < -0.3 is 9.84 Å². The van der Waals surface area contributed by atoms with E-state index in [0.717, 1.165) is 36.3 Å². The quantitative estimate of drug-likeness (QED) is 0.364. The molecule has 0 radical (unpaired) electrons. The molecule has 1 unspecified atom stereocenters. The number of carboxylic acid groups (broad SMARTS) is 1. The molecule has 0 aliphatic heterocycles. The van der Waals surface area contributed by atoms with Crippen molar-refractivity contribution in [3.63, 3.8) is 0 Å². The highest BCUT2D eigenvalue weighted by Gasteiger charge is 2.18. The summed E-state index contributed by atoms with van der Waals surface area (Å²) in [5, 5.41) is 9.74. The third-order valence-corrected chi connectivity index (χ3v) is 5.54. The van der Waals surface area contributed by atoms with E-state index >= 15 is 0 Å². The van der Waals surface area contributed by atoms with E-state index in [1.54, 1.807) is 0 Å². The maximum Gasteiger partial charge on any atom is 0.316 e. The van der Waals surface area contributed by atoms with Crippen LogP contribution in [0.4, 0.5) is 0 Å². The molecule has 0 aliphatic rings. The van der Waals surface area contributed by atoms with E-state index in [9.17, 15) is 9.90 Å². The minimum absolute atomic E-state index is 0.386. The summed E-state index contributed by atoms with van der Waals surface area (Å²) in [6.45, 7) is 2.70. The van der Waals surface area contributed by atoms with E-state index in [1.807, 2.05) is 55.5 Å². The number of hydrogen-bond donors (Lipinski definition) is 1. The molecular formula is C21H25ClO3S. The van der Waals surface area contributed by atoms with E-state index in [1.165, 1.54) is 17.3 Å². The van der Waals surface area contributed by atoms with E-state index in [2.05, 4.69) is 0 Å². The predicted octanol–water partition coefficient (Wildman–Crippen LogP) is 6.22. The molecular weight excluding hydrogens is 368 g/mol. The normalized spacial score (nSPS) is 11.9. The maximum absolute atomic E-state index is 11.5. The summed E-state index contributed by atoms with van der Waals surface area (Å²) >= 11 is 7.27. The lowest BCUT2D eigenvalue weighted by Crippen LogP contribution is -2.16. The summed E-state index contributed by atoms with van der Waals surface area (Å²) in [5.74, 6) is 0.0940. The number of hydrogen-bond acceptors (Lipinski definition) is 3. The second kappa shape index (κ2) is 11.1. The number of thioether (sulfide) groups is 1. The number of halogens is 1. The van der Waals surface area contributed by atoms with Crippen LogP contribution in [0.5, 0.6) is 5.75 Å². The molecule has 0 spiro atoms. The molecule has 1 atom stereocenters. The van der Waals surface area contributed by atoms with Crippen molar-refractivity contribution in [2.24, 2.45) is 0 Å². The molecule has 26 heavy (non-hydrogen) atoms. The molecule has 2 aromatic carbocycles. The van der Waals surface area contributed by atoms with Crippen molar-refractivity contribution in [3.05, 3.63) is 59.1 Å². The Morgan fingerprint density at radius 2 is 1.69 bits per heavy atom. The molecule has 2 rings (SSSR count). The van der Waals surface area contributed by atoms with Crippen LogP contribution in [0.1, 0.15) is 37.7 Å². The SMILES string of the molecule is Cc1ccc(SC(CCCCCCOc2ccc(Cl)cc2)C(=O)O)cc1. The zero-order valence-corrected chi connectivity index (χ0v) is 16.6. The number of benzene rings is 2. The van der Waals surface area contributed by atoms with Crippen LogP contribution in [0, 0.1) is 6.92 Å². The standard InChI is InChI=1S/C21H25ClO3S/c1-16-7-13-19(14-8-16)26-20(21(23)24)6-4-2-3-5-15-25-18-11-9-17(22)10-12-18/h7-14,20H,2-6,15H2,1H3,(H,23,24). The summed E-state index contributed by atoms with van der Waals surface area (Å²) in [6, 6.07) is 15.4. The van der Waals surface area contributed by atoms with Crippen molar-refractivity contribution in [1.82, 2.24) is 0 Å². The molecule has 0 fully saturated rings. The molecule has 0 aliphatic carbocycles. The zero-order chi connectivity index (χ0) is 18.8. The van der Waals surface area contributed by atoms with E-state index in [-0.39, 0.29) is 5.25 Å². The van der Waals surface area contributed by atoms with Gasteiger partial charge in [0.15, 0.2) is 0 Å². The lowest BCUT2D eigenvalue weighted by Gasteiger charge is -2.12. The van der Waals surface area contributed by atoms with Gasteiger partial charge in [0, 0.05) is 9.92 Å². The van der Waals surface area contributed by atoms with Crippen LogP contribution < -0.4 is 4.74 Å². The first-order chi connectivity index (χ1) is 12.5. The molecule has 0 saturated carbocycles. The molecule has 0 bridgehead atoms. The van der Waals surface area contributed by atoms with Gasteiger partial charge in [0.25, 0.3) is 0 Å². The van der Waals surface area contributed by atoms with Crippen LogP contribution in [-0.2, 0) is 4.79 Å². The van der Waals surface area contributed by atoms with Crippen LogP contribution in [0.25, 0.3) is 0 Å². The van der Waals surface area contributed by atoms with Crippen LogP contribution in [0.15, 0.2) is 53.4 Å². The highest BCUT2D eigenvalue weighted by atomic mass is 35.5. The largest absolute Gasteiger partial charge is 0.494 e. The van der Waals surface area contributed by atoms with Gasteiger partial charge in [-0.25, -0.2) is 0 Å². The Kier molecular flexibility index (Phi) is 8.86. The molecule has 0 saturated heterocycles. The molecule has 140 valence electrons. The number of rotatable bonds is 11. The fraction of sp³-hybridized carbons (Fsp3) is 0.381. The van der Waals surface area contributed by atoms with Crippen LogP contribution in [0.2, 0.25) is 5.02 Å². The van der Waals surface area contributed by atoms with Gasteiger partial charge in [-0.15, -0.1) is 11.8 Å². The second-order valence-corrected chi connectivity index (χ2v) is 7.98. The first-order valence-electron chi connectivity index (χ1n) is 8.89. The number of carboxylic acids is 1. The first-order valence-corrected chi connectivity index (χ1v) is 10.1. The topological polar surface area (TPSA) is 46.5 Å². The zero-order valence-electron chi connectivity index (χ0n) is 15.0. The van der Waals surface area contributed by atoms with E-state index in [0.29, 0.717) is 18.1 Å². The summed E-state index contributed by atoms with van der Waals surface area (Å²) < 4.78 is 5.66. The summed E-state index contributed by atoms with van der Waals surface area (Å²) in [6.07, 6.45) is 4.62. The smallest absolute Gasteiger partial charge is 0.316 e. The Morgan fingerprint density at radius 3 is 2.35 bits per heavy atom. The summed E-state index contributed by atoms with van der Waals surface area (Å²) in [7, 11) is 0. The minimum atomic E-state index is -0.735. The Labute approximate surface area is 164 Å². The van der Waals surface area contributed by atoms with Gasteiger partial charge in [0.05, 0.1) is 6.61 Å². The van der Waals surface area contributed by atoms with Gasteiger partial charge in [0.1, 0.15) is 11.0 Å².